The zero-order valence-electron chi connectivity index (χ0n) is 13.1. The summed E-state index contributed by atoms with van der Waals surface area (Å²) in [6.07, 6.45) is 1.48. The number of ether oxygens (including phenoxy) is 1. The van der Waals surface area contributed by atoms with Gasteiger partial charge in [-0.3, -0.25) is 4.79 Å². The quantitative estimate of drug-likeness (QED) is 0.695. The van der Waals surface area contributed by atoms with Gasteiger partial charge in [0.1, 0.15) is 17.3 Å². The second-order valence-corrected chi connectivity index (χ2v) is 7.02. The maximum absolute atomic E-state index is 12.2. The molecule has 134 valence electrons. The van der Waals surface area contributed by atoms with Crippen LogP contribution in [0.1, 0.15) is 23.0 Å². The fourth-order valence-corrected chi connectivity index (χ4v) is 3.03. The number of ketones is 1. The van der Waals surface area contributed by atoms with E-state index in [1.165, 1.54) is 19.3 Å². The Balaban J connectivity index is 2.39. The third-order valence-electron chi connectivity index (χ3n) is 3.04. The number of primary sulfonamides is 1. The van der Waals surface area contributed by atoms with Gasteiger partial charge in [0, 0.05) is 0 Å². The predicted octanol–water partition coefficient (Wildman–Crippen LogP) is 1.94. The van der Waals surface area contributed by atoms with E-state index < -0.39 is 27.5 Å². The van der Waals surface area contributed by atoms with Crippen LogP contribution in [0.5, 0.6) is 0 Å². The summed E-state index contributed by atoms with van der Waals surface area (Å²) in [6, 6.07) is 5.65. The van der Waals surface area contributed by atoms with E-state index in [1.807, 2.05) is 0 Å². The van der Waals surface area contributed by atoms with E-state index in [9.17, 15) is 18.0 Å². The number of sulfonamides is 1. The van der Waals surface area contributed by atoms with Gasteiger partial charge in [0.05, 0.1) is 29.1 Å². The monoisotopic (exact) mass is 386 g/mol. The van der Waals surface area contributed by atoms with Crippen LogP contribution in [0.4, 0.5) is 5.69 Å². The summed E-state index contributed by atoms with van der Waals surface area (Å²) in [7, 11) is -4.15. The molecule has 0 amide bonds. The van der Waals surface area contributed by atoms with Crippen LogP contribution in [-0.2, 0) is 26.1 Å². The van der Waals surface area contributed by atoms with E-state index in [2.05, 4.69) is 5.32 Å². The Hall–Kier alpha value is -2.36. The highest BCUT2D eigenvalue weighted by atomic mass is 35.5. The number of halogens is 1. The first kappa shape index (κ1) is 19.0. The standard InChI is InChI=1S/C15H15ClN2O6S/c1-9(19)8-24-15(20)11-5-14(25(17,21)22)12(16)6-13(11)18-7-10-3-2-4-23-10/h2-6,18H,7-8H2,1H3,(H2,17,21,22). The number of nitrogens with two attached hydrogens (primary N) is 1. The summed E-state index contributed by atoms with van der Waals surface area (Å²) >= 11 is 5.95. The molecule has 10 heteroatoms. The summed E-state index contributed by atoms with van der Waals surface area (Å²) in [6.45, 7) is 1.02. The van der Waals surface area contributed by atoms with Gasteiger partial charge in [-0.2, -0.15) is 0 Å². The summed E-state index contributed by atoms with van der Waals surface area (Å²) < 4.78 is 33.2. The van der Waals surface area contributed by atoms with Crippen molar-refractivity contribution in [2.75, 3.05) is 11.9 Å². The van der Waals surface area contributed by atoms with E-state index in [4.69, 9.17) is 25.9 Å². The molecular formula is C15H15ClN2O6S. The number of rotatable bonds is 7. The third-order valence-corrected chi connectivity index (χ3v) is 4.41. The van der Waals surface area contributed by atoms with Crippen LogP contribution in [0.2, 0.25) is 5.02 Å². The normalized spacial score (nSPS) is 11.2. The molecular weight excluding hydrogens is 372 g/mol. The van der Waals surface area contributed by atoms with Crippen LogP contribution >= 0.6 is 11.6 Å². The number of hydrogen-bond acceptors (Lipinski definition) is 7. The molecule has 0 atom stereocenters. The molecule has 1 aromatic heterocycles. The molecule has 0 radical (unpaired) electrons. The lowest BCUT2D eigenvalue weighted by Crippen LogP contribution is -2.17. The molecule has 0 aliphatic carbocycles. The van der Waals surface area contributed by atoms with Crippen molar-refractivity contribution in [2.24, 2.45) is 5.14 Å². The van der Waals surface area contributed by atoms with Gasteiger partial charge in [-0.05, 0) is 31.2 Å². The maximum atomic E-state index is 12.2. The molecule has 25 heavy (non-hydrogen) atoms. The minimum atomic E-state index is -4.15. The van der Waals surface area contributed by atoms with E-state index in [-0.39, 0.29) is 28.6 Å². The van der Waals surface area contributed by atoms with Gasteiger partial charge in [0.15, 0.2) is 5.78 Å². The van der Waals surface area contributed by atoms with Gasteiger partial charge in [-0.15, -0.1) is 0 Å². The predicted molar refractivity (Wildman–Crippen MR) is 89.8 cm³/mol. The molecule has 0 spiro atoms. The molecule has 2 rings (SSSR count). The highest BCUT2D eigenvalue weighted by molar-refractivity contribution is 7.89. The summed E-state index contributed by atoms with van der Waals surface area (Å²) in [4.78, 5) is 22.8. The Morgan fingerprint density at radius 1 is 1.36 bits per heavy atom. The zero-order chi connectivity index (χ0) is 18.6. The lowest BCUT2D eigenvalue weighted by molar-refractivity contribution is -0.120. The summed E-state index contributed by atoms with van der Waals surface area (Å²) in [5.74, 6) is -0.674. The average molecular weight is 387 g/mol. The molecule has 0 bridgehead atoms. The van der Waals surface area contributed by atoms with Crippen molar-refractivity contribution >= 4 is 39.1 Å². The molecule has 0 saturated carbocycles. The summed E-state index contributed by atoms with van der Waals surface area (Å²) in [5, 5.41) is 7.84. The van der Waals surface area contributed by atoms with Crippen molar-refractivity contribution in [1.29, 1.82) is 0 Å². The third kappa shape index (κ3) is 5.05. The highest BCUT2D eigenvalue weighted by Gasteiger charge is 2.22. The molecule has 2 aromatic rings. The second-order valence-electron chi connectivity index (χ2n) is 5.08. The number of benzene rings is 1. The first-order valence-electron chi connectivity index (χ1n) is 6.97. The van der Waals surface area contributed by atoms with Crippen molar-refractivity contribution in [2.45, 2.75) is 18.4 Å². The number of hydrogen-bond donors (Lipinski definition) is 2. The number of carbonyl (C=O) groups excluding carboxylic acids is 2. The van der Waals surface area contributed by atoms with Crippen LogP contribution in [-0.4, -0.2) is 26.8 Å². The number of carbonyl (C=O) groups is 2. The van der Waals surface area contributed by atoms with Gasteiger partial charge < -0.3 is 14.5 Å². The fourth-order valence-electron chi connectivity index (χ4n) is 1.93. The Bertz CT molecular complexity index is 893. The minimum absolute atomic E-state index is 0.124. The number of nitrogens with one attached hydrogen (secondary N) is 1. The van der Waals surface area contributed by atoms with Crippen LogP contribution in [0.25, 0.3) is 0 Å². The van der Waals surface area contributed by atoms with Crippen molar-refractivity contribution in [3.63, 3.8) is 0 Å². The molecule has 8 nitrogen and oxygen atoms in total. The molecule has 0 unspecified atom stereocenters. The first-order chi connectivity index (χ1) is 11.7. The zero-order valence-corrected chi connectivity index (χ0v) is 14.7. The molecule has 0 fully saturated rings. The molecule has 1 aromatic carbocycles. The van der Waals surface area contributed by atoms with Gasteiger partial charge in [0.25, 0.3) is 0 Å². The van der Waals surface area contributed by atoms with E-state index in [0.717, 1.165) is 6.07 Å². The number of furan rings is 1. The Kier molecular flexibility index (Phi) is 5.83. The molecule has 0 saturated heterocycles. The van der Waals surface area contributed by atoms with Crippen molar-refractivity contribution in [1.82, 2.24) is 0 Å². The van der Waals surface area contributed by atoms with E-state index in [0.29, 0.717) is 5.76 Å². The van der Waals surface area contributed by atoms with Crippen LogP contribution in [0.3, 0.4) is 0 Å². The smallest absolute Gasteiger partial charge is 0.340 e. The Morgan fingerprint density at radius 3 is 2.64 bits per heavy atom. The lowest BCUT2D eigenvalue weighted by atomic mass is 10.1. The van der Waals surface area contributed by atoms with Gasteiger partial charge >= 0.3 is 5.97 Å². The summed E-state index contributed by atoms with van der Waals surface area (Å²) in [5.41, 5.74) is 0.0867. The molecule has 1 heterocycles. The largest absolute Gasteiger partial charge is 0.467 e. The SMILES string of the molecule is CC(=O)COC(=O)c1cc(S(N)(=O)=O)c(Cl)cc1NCc1ccco1. The average Bonchev–Trinajstić information content (AvgIpc) is 3.02. The lowest BCUT2D eigenvalue weighted by Gasteiger charge is -2.13. The molecule has 0 aliphatic rings. The maximum Gasteiger partial charge on any atom is 0.340 e. The van der Waals surface area contributed by atoms with Crippen LogP contribution < -0.4 is 10.5 Å². The van der Waals surface area contributed by atoms with Gasteiger partial charge in [0.2, 0.25) is 10.0 Å². The van der Waals surface area contributed by atoms with Crippen molar-refractivity contribution in [3.8, 4) is 0 Å². The fraction of sp³-hybridized carbons (Fsp3) is 0.200. The van der Waals surface area contributed by atoms with Crippen LogP contribution in [0.15, 0.2) is 39.8 Å². The van der Waals surface area contributed by atoms with Crippen molar-refractivity contribution < 1.29 is 27.2 Å². The Labute approximate surface area is 148 Å². The number of Topliss-reactive ketones (excluding diaryl/α,β-unsaturated/α-hetero) is 1. The number of esters is 1. The molecule has 3 N–H and O–H groups in total. The van der Waals surface area contributed by atoms with Crippen LogP contribution in [0, 0.1) is 0 Å². The van der Waals surface area contributed by atoms with Crippen molar-refractivity contribution in [3.05, 3.63) is 46.9 Å². The Morgan fingerprint density at radius 2 is 2.08 bits per heavy atom. The van der Waals surface area contributed by atoms with E-state index in [1.54, 1.807) is 12.1 Å². The molecule has 0 aliphatic heterocycles. The topological polar surface area (TPSA) is 129 Å². The van der Waals surface area contributed by atoms with E-state index >= 15 is 0 Å². The van der Waals surface area contributed by atoms with Gasteiger partial charge in [-0.1, -0.05) is 11.6 Å². The second kappa shape index (κ2) is 7.68. The first-order valence-corrected chi connectivity index (χ1v) is 8.90. The minimum Gasteiger partial charge on any atom is -0.467 e. The van der Waals surface area contributed by atoms with Gasteiger partial charge in [-0.25, -0.2) is 18.4 Å². The number of anilines is 1. The highest BCUT2D eigenvalue weighted by Crippen LogP contribution is 2.29.